The first-order valence-electron chi connectivity index (χ1n) is 4.55. The third kappa shape index (κ3) is 2.41. The summed E-state index contributed by atoms with van der Waals surface area (Å²) in [6.07, 6.45) is 1.93. The van der Waals surface area contributed by atoms with Crippen molar-refractivity contribution in [2.24, 2.45) is 0 Å². The fourth-order valence-electron chi connectivity index (χ4n) is 1.30. The Morgan fingerprint density at radius 2 is 2.47 bits per heavy atom. The predicted molar refractivity (Wildman–Crippen MR) is 48.8 cm³/mol. The number of hydrogen-bond acceptors (Lipinski definition) is 5. The van der Waals surface area contributed by atoms with Crippen LogP contribution in [0.5, 0.6) is 5.88 Å². The van der Waals surface area contributed by atoms with Crippen LogP contribution in [-0.4, -0.2) is 40.4 Å². The van der Waals surface area contributed by atoms with Gasteiger partial charge in [0, 0.05) is 12.5 Å². The van der Waals surface area contributed by atoms with Crippen LogP contribution in [0.3, 0.4) is 0 Å². The van der Waals surface area contributed by atoms with Crippen molar-refractivity contribution in [3.8, 4) is 5.88 Å². The number of ether oxygens (including phenoxy) is 2. The summed E-state index contributed by atoms with van der Waals surface area (Å²) in [6.45, 7) is 1.19. The summed E-state index contributed by atoms with van der Waals surface area (Å²) in [4.78, 5) is 18.0. The van der Waals surface area contributed by atoms with Gasteiger partial charge in [-0.1, -0.05) is 0 Å². The zero-order valence-corrected chi connectivity index (χ0v) is 7.92. The van der Waals surface area contributed by atoms with E-state index in [0.29, 0.717) is 13.2 Å². The third-order valence-corrected chi connectivity index (χ3v) is 2.04. The van der Waals surface area contributed by atoms with E-state index in [4.69, 9.17) is 14.6 Å². The van der Waals surface area contributed by atoms with Gasteiger partial charge in [0.05, 0.1) is 13.2 Å². The molecule has 2 rings (SSSR count). The van der Waals surface area contributed by atoms with Gasteiger partial charge in [-0.05, 0) is 0 Å². The monoisotopic (exact) mass is 210 g/mol. The van der Waals surface area contributed by atoms with Crippen LogP contribution in [0.4, 0.5) is 0 Å². The Morgan fingerprint density at radius 3 is 3.13 bits per heavy atom. The lowest BCUT2D eigenvalue weighted by molar-refractivity contribution is 0.0688. The highest BCUT2D eigenvalue weighted by atomic mass is 16.5. The fourth-order valence-corrected chi connectivity index (χ4v) is 1.30. The average molecular weight is 210 g/mol. The second kappa shape index (κ2) is 4.22. The number of nitrogens with zero attached hydrogens (tertiary/aromatic N) is 2. The lowest BCUT2D eigenvalue weighted by atomic mass is 10.3. The summed E-state index contributed by atoms with van der Waals surface area (Å²) in [6, 6.07) is 1.31. The summed E-state index contributed by atoms with van der Waals surface area (Å²) in [5, 5.41) is 8.70. The minimum absolute atomic E-state index is 0.0402. The molecule has 0 saturated carbocycles. The maximum Gasteiger partial charge on any atom is 0.354 e. The van der Waals surface area contributed by atoms with E-state index in [1.54, 1.807) is 0 Å². The van der Waals surface area contributed by atoms with Gasteiger partial charge in [0.25, 0.3) is 0 Å². The van der Waals surface area contributed by atoms with Crippen LogP contribution in [-0.2, 0) is 4.74 Å². The summed E-state index contributed by atoms with van der Waals surface area (Å²) in [7, 11) is 0. The van der Waals surface area contributed by atoms with Crippen molar-refractivity contribution in [3.63, 3.8) is 0 Å². The van der Waals surface area contributed by atoms with Crippen LogP contribution in [0, 0.1) is 0 Å². The SMILES string of the molecule is O=C(O)c1cc(OC2CCOC2)ncn1. The Bertz CT molecular complexity index is 363. The van der Waals surface area contributed by atoms with Gasteiger partial charge in [-0.3, -0.25) is 0 Å². The molecule has 1 aromatic heterocycles. The first-order chi connectivity index (χ1) is 7.25. The molecule has 1 aliphatic rings. The van der Waals surface area contributed by atoms with Crippen LogP contribution in [0.1, 0.15) is 16.9 Å². The number of aromatic carboxylic acids is 1. The standard InChI is InChI=1S/C9H10N2O4/c12-9(13)7-3-8(11-5-10-7)15-6-1-2-14-4-6/h3,5-6H,1-2,4H2,(H,12,13). The van der Waals surface area contributed by atoms with Crippen LogP contribution in [0.25, 0.3) is 0 Å². The highest BCUT2D eigenvalue weighted by molar-refractivity contribution is 5.85. The first kappa shape index (κ1) is 9.85. The maximum absolute atomic E-state index is 10.6. The molecule has 6 nitrogen and oxygen atoms in total. The van der Waals surface area contributed by atoms with Gasteiger partial charge in [-0.2, -0.15) is 0 Å². The van der Waals surface area contributed by atoms with E-state index >= 15 is 0 Å². The third-order valence-electron chi connectivity index (χ3n) is 2.04. The molecule has 0 amide bonds. The lowest BCUT2D eigenvalue weighted by Crippen LogP contribution is -2.17. The summed E-state index contributed by atoms with van der Waals surface area (Å²) in [5.41, 5.74) is -0.0704. The smallest absolute Gasteiger partial charge is 0.354 e. The molecule has 1 saturated heterocycles. The molecule has 0 aromatic carbocycles. The molecule has 1 unspecified atom stereocenters. The minimum atomic E-state index is -1.09. The van der Waals surface area contributed by atoms with Crippen molar-refractivity contribution < 1.29 is 19.4 Å². The number of rotatable bonds is 3. The van der Waals surface area contributed by atoms with E-state index in [0.717, 1.165) is 6.42 Å². The maximum atomic E-state index is 10.6. The highest BCUT2D eigenvalue weighted by Gasteiger charge is 2.18. The first-order valence-corrected chi connectivity index (χ1v) is 4.55. The van der Waals surface area contributed by atoms with Crippen molar-refractivity contribution >= 4 is 5.97 Å². The molecule has 1 N–H and O–H groups in total. The Hall–Kier alpha value is -1.69. The van der Waals surface area contributed by atoms with E-state index in [1.165, 1.54) is 12.4 Å². The second-order valence-electron chi connectivity index (χ2n) is 3.15. The molecule has 0 radical (unpaired) electrons. The largest absolute Gasteiger partial charge is 0.477 e. The normalized spacial score (nSPS) is 20.1. The van der Waals surface area contributed by atoms with Crippen LogP contribution < -0.4 is 4.74 Å². The molecule has 0 aliphatic carbocycles. The van der Waals surface area contributed by atoms with Crippen LogP contribution in [0.2, 0.25) is 0 Å². The van der Waals surface area contributed by atoms with Gasteiger partial charge < -0.3 is 14.6 Å². The number of hydrogen-bond donors (Lipinski definition) is 1. The van der Waals surface area contributed by atoms with E-state index in [1.807, 2.05) is 0 Å². The van der Waals surface area contributed by atoms with E-state index < -0.39 is 5.97 Å². The Kier molecular flexibility index (Phi) is 2.77. The fraction of sp³-hybridized carbons (Fsp3) is 0.444. The zero-order chi connectivity index (χ0) is 10.7. The molecular formula is C9H10N2O4. The summed E-state index contributed by atoms with van der Waals surface area (Å²) >= 11 is 0. The molecule has 1 fully saturated rings. The van der Waals surface area contributed by atoms with Gasteiger partial charge in [-0.25, -0.2) is 14.8 Å². The molecule has 6 heteroatoms. The molecule has 1 aromatic rings. The molecule has 80 valence electrons. The zero-order valence-electron chi connectivity index (χ0n) is 7.92. The summed E-state index contributed by atoms with van der Waals surface area (Å²) < 4.78 is 10.5. The van der Waals surface area contributed by atoms with Gasteiger partial charge in [0.2, 0.25) is 5.88 Å². The summed E-state index contributed by atoms with van der Waals surface area (Å²) in [5.74, 6) is -0.817. The van der Waals surface area contributed by atoms with Gasteiger partial charge >= 0.3 is 5.97 Å². The van der Waals surface area contributed by atoms with Crippen molar-refractivity contribution in [2.75, 3.05) is 13.2 Å². The van der Waals surface area contributed by atoms with E-state index in [-0.39, 0.29) is 17.7 Å². The number of carboxylic acids is 1. The predicted octanol–water partition coefficient (Wildman–Crippen LogP) is 0.343. The molecule has 1 atom stereocenters. The number of carboxylic acid groups (broad SMARTS) is 1. The topological polar surface area (TPSA) is 81.5 Å². The lowest BCUT2D eigenvalue weighted by Gasteiger charge is -2.10. The highest BCUT2D eigenvalue weighted by Crippen LogP contribution is 2.14. The molecule has 15 heavy (non-hydrogen) atoms. The van der Waals surface area contributed by atoms with Gasteiger partial charge in [0.15, 0.2) is 5.69 Å². The Morgan fingerprint density at radius 1 is 1.60 bits per heavy atom. The molecule has 0 spiro atoms. The van der Waals surface area contributed by atoms with Crippen molar-refractivity contribution in [3.05, 3.63) is 18.1 Å². The molecule has 2 heterocycles. The average Bonchev–Trinajstić information content (AvgIpc) is 2.71. The second-order valence-corrected chi connectivity index (χ2v) is 3.15. The van der Waals surface area contributed by atoms with Gasteiger partial charge in [-0.15, -0.1) is 0 Å². The van der Waals surface area contributed by atoms with E-state index in [9.17, 15) is 4.79 Å². The quantitative estimate of drug-likeness (QED) is 0.774. The Balaban J connectivity index is 2.07. The van der Waals surface area contributed by atoms with E-state index in [2.05, 4.69) is 9.97 Å². The molecule has 0 bridgehead atoms. The number of carbonyl (C=O) groups is 1. The molecule has 1 aliphatic heterocycles. The van der Waals surface area contributed by atoms with Crippen molar-refractivity contribution in [2.45, 2.75) is 12.5 Å². The van der Waals surface area contributed by atoms with Crippen LogP contribution >= 0.6 is 0 Å². The number of aromatic nitrogens is 2. The van der Waals surface area contributed by atoms with Gasteiger partial charge in [0.1, 0.15) is 12.4 Å². The van der Waals surface area contributed by atoms with Crippen LogP contribution in [0.15, 0.2) is 12.4 Å². The van der Waals surface area contributed by atoms with Crippen molar-refractivity contribution in [1.29, 1.82) is 0 Å². The Labute approximate surface area is 85.9 Å². The van der Waals surface area contributed by atoms with Crippen molar-refractivity contribution in [1.82, 2.24) is 9.97 Å². The minimum Gasteiger partial charge on any atom is -0.477 e. The molecular weight excluding hydrogens is 200 g/mol.